The number of nitrogens with one attached hydrogen (secondary N) is 2. The number of nitrogens with zero attached hydrogens (tertiary/aromatic N) is 1. The number of hydrogen-bond donors (Lipinski definition) is 2. The fourth-order valence-corrected chi connectivity index (χ4v) is 2.70. The van der Waals surface area contributed by atoms with Crippen molar-refractivity contribution < 1.29 is 9.59 Å². The Bertz CT molecular complexity index is 300. The van der Waals surface area contributed by atoms with E-state index < -0.39 is 0 Å². The molecule has 0 aromatic carbocycles. The molecule has 17 heavy (non-hydrogen) atoms. The van der Waals surface area contributed by atoms with Crippen LogP contribution in [0.15, 0.2) is 0 Å². The summed E-state index contributed by atoms with van der Waals surface area (Å²) in [5.74, 6) is 0.195. The molecule has 0 spiro atoms. The van der Waals surface area contributed by atoms with Crippen molar-refractivity contribution in [3.63, 3.8) is 0 Å². The standard InChI is InChI=1S/C12H21N3O2/c1-9(16)14-10-4-3-7-15(8-10)12(17)11-5-2-6-13-11/h10-11,13H,2-8H2,1H3,(H,14,16)/t10-,11-/m1/s1. The van der Waals surface area contributed by atoms with Crippen molar-refractivity contribution in [1.29, 1.82) is 0 Å². The Labute approximate surface area is 102 Å². The van der Waals surface area contributed by atoms with Crippen LogP contribution in [0.25, 0.3) is 0 Å². The highest BCUT2D eigenvalue weighted by Gasteiger charge is 2.30. The van der Waals surface area contributed by atoms with E-state index in [-0.39, 0.29) is 23.9 Å². The van der Waals surface area contributed by atoms with Crippen LogP contribution in [0.3, 0.4) is 0 Å². The Morgan fingerprint density at radius 3 is 2.76 bits per heavy atom. The monoisotopic (exact) mass is 239 g/mol. The summed E-state index contributed by atoms with van der Waals surface area (Å²) in [6.07, 6.45) is 3.98. The molecule has 5 heteroatoms. The molecule has 0 aromatic rings. The molecule has 0 aliphatic carbocycles. The molecule has 2 atom stereocenters. The van der Waals surface area contributed by atoms with Crippen LogP contribution in [0.1, 0.15) is 32.6 Å². The first kappa shape index (κ1) is 12.4. The maximum Gasteiger partial charge on any atom is 0.239 e. The SMILES string of the molecule is CC(=O)N[C@@H]1CCCN(C(=O)[C@H]2CCCN2)C1. The number of rotatable bonds is 2. The normalized spacial score (nSPS) is 29.1. The van der Waals surface area contributed by atoms with Crippen LogP contribution in [-0.2, 0) is 9.59 Å². The van der Waals surface area contributed by atoms with Crippen molar-refractivity contribution in [3.05, 3.63) is 0 Å². The highest BCUT2D eigenvalue weighted by atomic mass is 16.2. The Kier molecular flexibility index (Phi) is 3.99. The second-order valence-corrected chi connectivity index (χ2v) is 4.97. The molecule has 2 fully saturated rings. The molecule has 0 aromatic heterocycles. The lowest BCUT2D eigenvalue weighted by atomic mass is 10.0. The second-order valence-electron chi connectivity index (χ2n) is 4.97. The zero-order chi connectivity index (χ0) is 12.3. The minimum Gasteiger partial charge on any atom is -0.352 e. The molecule has 2 amide bonds. The van der Waals surface area contributed by atoms with Crippen LogP contribution < -0.4 is 10.6 Å². The van der Waals surface area contributed by atoms with E-state index in [0.29, 0.717) is 6.54 Å². The van der Waals surface area contributed by atoms with Gasteiger partial charge in [-0.25, -0.2) is 0 Å². The van der Waals surface area contributed by atoms with Gasteiger partial charge in [-0.3, -0.25) is 9.59 Å². The molecule has 0 bridgehead atoms. The molecule has 96 valence electrons. The number of hydrogen-bond acceptors (Lipinski definition) is 3. The number of piperidine rings is 1. The molecule has 2 rings (SSSR count). The molecule has 0 radical (unpaired) electrons. The summed E-state index contributed by atoms with van der Waals surface area (Å²) in [6, 6.07) is 0.137. The summed E-state index contributed by atoms with van der Waals surface area (Å²) < 4.78 is 0. The van der Waals surface area contributed by atoms with Crippen molar-refractivity contribution in [2.24, 2.45) is 0 Å². The van der Waals surface area contributed by atoms with Gasteiger partial charge in [0.2, 0.25) is 11.8 Å². The quantitative estimate of drug-likeness (QED) is 0.705. The summed E-state index contributed by atoms with van der Waals surface area (Å²) in [5.41, 5.74) is 0. The fourth-order valence-electron chi connectivity index (χ4n) is 2.70. The van der Waals surface area contributed by atoms with E-state index in [1.54, 1.807) is 0 Å². The highest BCUT2D eigenvalue weighted by molar-refractivity contribution is 5.82. The van der Waals surface area contributed by atoms with Crippen LogP contribution in [0, 0.1) is 0 Å². The van der Waals surface area contributed by atoms with Crippen LogP contribution in [-0.4, -0.2) is 48.4 Å². The van der Waals surface area contributed by atoms with Crippen molar-refractivity contribution in [3.8, 4) is 0 Å². The van der Waals surface area contributed by atoms with E-state index in [9.17, 15) is 9.59 Å². The van der Waals surface area contributed by atoms with Gasteiger partial charge in [0.1, 0.15) is 0 Å². The molecule has 2 saturated heterocycles. The third-order valence-electron chi connectivity index (χ3n) is 3.50. The Balaban J connectivity index is 1.87. The minimum absolute atomic E-state index is 0.00563. The van der Waals surface area contributed by atoms with E-state index in [2.05, 4.69) is 10.6 Å². The summed E-state index contributed by atoms with van der Waals surface area (Å²) in [7, 11) is 0. The molecule has 2 aliphatic rings. The first-order valence-electron chi connectivity index (χ1n) is 6.46. The molecule has 2 aliphatic heterocycles. The van der Waals surface area contributed by atoms with E-state index in [1.807, 2.05) is 4.90 Å². The first-order valence-corrected chi connectivity index (χ1v) is 6.46. The van der Waals surface area contributed by atoms with E-state index in [1.165, 1.54) is 6.92 Å². The first-order chi connectivity index (χ1) is 8.16. The fraction of sp³-hybridized carbons (Fsp3) is 0.833. The predicted molar refractivity (Wildman–Crippen MR) is 64.4 cm³/mol. The molecule has 0 saturated carbocycles. The van der Waals surface area contributed by atoms with Gasteiger partial charge < -0.3 is 15.5 Å². The molecule has 2 heterocycles. The Morgan fingerprint density at radius 1 is 1.29 bits per heavy atom. The predicted octanol–water partition coefficient (Wildman–Crippen LogP) is -0.134. The lowest BCUT2D eigenvalue weighted by Crippen LogP contribution is -2.53. The van der Waals surface area contributed by atoms with Crippen molar-refractivity contribution in [1.82, 2.24) is 15.5 Å². The maximum atomic E-state index is 12.2. The summed E-state index contributed by atoms with van der Waals surface area (Å²) in [6.45, 7) is 3.96. The number of likely N-dealkylation sites (tertiary alicyclic amines) is 1. The highest BCUT2D eigenvalue weighted by Crippen LogP contribution is 2.14. The van der Waals surface area contributed by atoms with E-state index in [4.69, 9.17) is 0 Å². The summed E-state index contributed by atoms with van der Waals surface area (Å²) in [4.78, 5) is 25.1. The van der Waals surface area contributed by atoms with Crippen LogP contribution >= 0.6 is 0 Å². The van der Waals surface area contributed by atoms with Crippen LogP contribution in [0.2, 0.25) is 0 Å². The van der Waals surface area contributed by atoms with Crippen LogP contribution in [0.4, 0.5) is 0 Å². The smallest absolute Gasteiger partial charge is 0.239 e. The topological polar surface area (TPSA) is 61.4 Å². The van der Waals surface area contributed by atoms with Crippen LogP contribution in [0.5, 0.6) is 0 Å². The van der Waals surface area contributed by atoms with Crippen molar-refractivity contribution in [2.75, 3.05) is 19.6 Å². The second kappa shape index (κ2) is 5.49. The van der Waals surface area contributed by atoms with Gasteiger partial charge in [-0.15, -0.1) is 0 Å². The van der Waals surface area contributed by atoms with Crippen molar-refractivity contribution in [2.45, 2.75) is 44.7 Å². The van der Waals surface area contributed by atoms with E-state index in [0.717, 1.165) is 38.8 Å². The van der Waals surface area contributed by atoms with Gasteiger partial charge >= 0.3 is 0 Å². The lowest BCUT2D eigenvalue weighted by Gasteiger charge is -2.34. The molecule has 5 nitrogen and oxygen atoms in total. The van der Waals surface area contributed by atoms with Gasteiger partial charge in [0.05, 0.1) is 6.04 Å². The third kappa shape index (κ3) is 3.19. The Morgan fingerprint density at radius 2 is 2.12 bits per heavy atom. The molecular formula is C12H21N3O2. The van der Waals surface area contributed by atoms with Gasteiger partial charge in [-0.05, 0) is 32.2 Å². The van der Waals surface area contributed by atoms with Gasteiger partial charge in [-0.1, -0.05) is 0 Å². The van der Waals surface area contributed by atoms with Gasteiger partial charge in [0.15, 0.2) is 0 Å². The zero-order valence-corrected chi connectivity index (χ0v) is 10.4. The molecule has 2 N–H and O–H groups in total. The average Bonchev–Trinajstić information content (AvgIpc) is 2.81. The third-order valence-corrected chi connectivity index (χ3v) is 3.50. The molecule has 0 unspecified atom stereocenters. The zero-order valence-electron chi connectivity index (χ0n) is 10.4. The largest absolute Gasteiger partial charge is 0.352 e. The number of carbonyl (C=O) groups is 2. The number of amides is 2. The average molecular weight is 239 g/mol. The van der Waals surface area contributed by atoms with Gasteiger partial charge in [-0.2, -0.15) is 0 Å². The summed E-state index contributed by atoms with van der Waals surface area (Å²) >= 11 is 0. The van der Waals surface area contributed by atoms with Crippen molar-refractivity contribution >= 4 is 11.8 Å². The lowest BCUT2D eigenvalue weighted by molar-refractivity contribution is -0.135. The Hall–Kier alpha value is -1.10. The molecular weight excluding hydrogens is 218 g/mol. The van der Waals surface area contributed by atoms with Gasteiger partial charge in [0, 0.05) is 26.1 Å². The summed E-state index contributed by atoms with van der Waals surface area (Å²) in [5, 5.41) is 6.13. The van der Waals surface area contributed by atoms with E-state index >= 15 is 0 Å². The number of carbonyl (C=O) groups excluding carboxylic acids is 2. The van der Waals surface area contributed by atoms with Gasteiger partial charge in [0.25, 0.3) is 0 Å². The maximum absolute atomic E-state index is 12.2. The minimum atomic E-state index is -0.0108.